The largest absolute Gasteiger partial charge is 0.399 e. The third kappa shape index (κ3) is 2.88. The lowest BCUT2D eigenvalue weighted by Gasteiger charge is -2.10. The normalized spacial score (nSPS) is 11.5. The summed E-state index contributed by atoms with van der Waals surface area (Å²) in [5, 5.41) is 0. The van der Waals surface area contributed by atoms with Crippen molar-refractivity contribution in [2.45, 2.75) is 4.90 Å². The van der Waals surface area contributed by atoms with Crippen molar-refractivity contribution < 1.29 is 8.42 Å². The second kappa shape index (κ2) is 5.60. The number of benzene rings is 2. The van der Waals surface area contributed by atoms with E-state index in [1.165, 1.54) is 24.3 Å². The number of nitrogens with two attached hydrogens (primary N) is 1. The van der Waals surface area contributed by atoms with Gasteiger partial charge in [0.25, 0.3) is 10.0 Å². The van der Waals surface area contributed by atoms with Gasteiger partial charge in [-0.2, -0.15) is 0 Å². The average molecular weight is 348 g/mol. The van der Waals surface area contributed by atoms with Gasteiger partial charge in [-0.25, -0.2) is 17.4 Å². The minimum atomic E-state index is -3.95. The predicted molar refractivity (Wildman–Crippen MR) is 92.0 cm³/mol. The Morgan fingerprint density at radius 2 is 1.74 bits per heavy atom. The van der Waals surface area contributed by atoms with Gasteiger partial charge < -0.3 is 5.73 Å². The number of rotatable bonds is 3. The number of fused-ring (bicyclic) bond motifs is 1. The van der Waals surface area contributed by atoms with Crippen molar-refractivity contribution in [3.63, 3.8) is 0 Å². The van der Waals surface area contributed by atoms with Crippen LogP contribution in [0.2, 0.25) is 0 Å². The Kier molecular flexibility index (Phi) is 3.74. The first kappa shape index (κ1) is 15.4. The van der Waals surface area contributed by atoms with E-state index in [1.54, 1.807) is 24.3 Å². The van der Waals surface area contributed by atoms with E-state index in [9.17, 15) is 13.2 Å². The first-order chi connectivity index (χ1) is 10.9. The van der Waals surface area contributed by atoms with Crippen molar-refractivity contribution in [2.75, 3.05) is 10.5 Å². The Morgan fingerprint density at radius 3 is 2.43 bits per heavy atom. The molecule has 0 saturated carbocycles. The molecule has 0 aliphatic rings. The van der Waals surface area contributed by atoms with Gasteiger partial charge in [-0.05, 0) is 36.4 Å². The molecule has 9 heteroatoms. The summed E-state index contributed by atoms with van der Waals surface area (Å²) >= 11 is 4.10. The van der Waals surface area contributed by atoms with Crippen LogP contribution in [-0.4, -0.2) is 17.4 Å². The fourth-order valence-corrected chi connectivity index (χ4v) is 3.28. The Bertz CT molecular complexity index is 1040. The monoisotopic (exact) mass is 348 g/mol. The summed E-state index contributed by atoms with van der Waals surface area (Å²) < 4.78 is 27.9. The molecule has 0 aliphatic carbocycles. The van der Waals surface area contributed by atoms with E-state index in [0.717, 1.165) is 3.97 Å². The number of para-hydroxylation sites is 2. The Morgan fingerprint density at radius 1 is 1.09 bits per heavy atom. The summed E-state index contributed by atoms with van der Waals surface area (Å²) in [4.78, 5) is 16.3. The molecule has 23 heavy (non-hydrogen) atoms. The molecule has 0 bridgehead atoms. The zero-order valence-corrected chi connectivity index (χ0v) is 13.4. The molecule has 0 aliphatic heterocycles. The van der Waals surface area contributed by atoms with Crippen LogP contribution < -0.4 is 16.0 Å². The Hall–Kier alpha value is -2.52. The van der Waals surface area contributed by atoms with Crippen molar-refractivity contribution in [2.24, 2.45) is 0 Å². The summed E-state index contributed by atoms with van der Waals surface area (Å²) in [7, 11) is -3.95. The fraction of sp³-hybridized carbons (Fsp3) is 0. The minimum Gasteiger partial charge on any atom is -0.399 e. The number of nitrogens with zero attached hydrogens (tertiary/aromatic N) is 2. The fourth-order valence-electron chi connectivity index (χ4n) is 2.02. The van der Waals surface area contributed by atoms with Crippen molar-refractivity contribution in [3.8, 4) is 0 Å². The van der Waals surface area contributed by atoms with Gasteiger partial charge in [0.05, 0.1) is 15.9 Å². The molecule has 0 radical (unpaired) electrons. The van der Waals surface area contributed by atoms with Crippen molar-refractivity contribution in [1.29, 1.82) is 0 Å². The van der Waals surface area contributed by atoms with Gasteiger partial charge in [-0.1, -0.05) is 24.9 Å². The molecule has 3 rings (SSSR count). The highest BCUT2D eigenvalue weighted by molar-refractivity contribution is 7.92. The van der Waals surface area contributed by atoms with Crippen molar-refractivity contribution in [1.82, 2.24) is 8.96 Å². The van der Waals surface area contributed by atoms with Crippen LogP contribution in [0.4, 0.5) is 11.5 Å². The molecular weight excluding hydrogens is 336 g/mol. The third-order valence-corrected chi connectivity index (χ3v) is 4.91. The van der Waals surface area contributed by atoms with E-state index in [4.69, 9.17) is 5.73 Å². The number of sulfonamides is 1. The molecule has 1 heterocycles. The Labute approximate surface area is 137 Å². The van der Waals surface area contributed by atoms with Gasteiger partial charge in [0, 0.05) is 5.69 Å². The SMILES string of the molecule is Nc1ccc(S(=O)(=O)Nc2nc3ccccc3n(S)c2=O)cc1. The smallest absolute Gasteiger partial charge is 0.304 e. The highest BCUT2D eigenvalue weighted by Gasteiger charge is 2.18. The summed E-state index contributed by atoms with van der Waals surface area (Å²) in [5.41, 5.74) is 6.24. The van der Waals surface area contributed by atoms with Crippen LogP contribution in [0.5, 0.6) is 0 Å². The van der Waals surface area contributed by atoms with E-state index in [2.05, 4.69) is 22.5 Å². The average Bonchev–Trinajstić information content (AvgIpc) is 2.52. The van der Waals surface area contributed by atoms with E-state index in [0.29, 0.717) is 16.7 Å². The maximum Gasteiger partial charge on any atom is 0.304 e. The molecule has 3 aromatic rings. The highest BCUT2D eigenvalue weighted by atomic mass is 32.2. The summed E-state index contributed by atoms with van der Waals surface area (Å²) in [6, 6.07) is 12.4. The number of nitrogen functional groups attached to an aromatic ring is 1. The van der Waals surface area contributed by atoms with Crippen molar-refractivity contribution in [3.05, 3.63) is 58.9 Å². The topological polar surface area (TPSA) is 107 Å². The van der Waals surface area contributed by atoms with Gasteiger partial charge in [0.15, 0.2) is 0 Å². The number of hydrogen-bond acceptors (Lipinski definition) is 6. The molecule has 0 fully saturated rings. The molecule has 1 aromatic heterocycles. The predicted octanol–water partition coefficient (Wildman–Crippen LogP) is 1.47. The van der Waals surface area contributed by atoms with Gasteiger partial charge >= 0.3 is 5.56 Å². The number of thiol groups is 1. The second-order valence-corrected chi connectivity index (χ2v) is 6.82. The van der Waals surface area contributed by atoms with Crippen LogP contribution in [0.1, 0.15) is 0 Å². The Balaban J connectivity index is 2.09. The molecule has 3 N–H and O–H groups in total. The lowest BCUT2D eigenvalue weighted by molar-refractivity contribution is 0.601. The molecule has 7 nitrogen and oxygen atoms in total. The molecule has 0 amide bonds. The molecule has 0 unspecified atom stereocenters. The summed E-state index contributed by atoms with van der Waals surface area (Å²) in [6.45, 7) is 0. The highest BCUT2D eigenvalue weighted by Crippen LogP contribution is 2.17. The molecule has 0 atom stereocenters. The van der Waals surface area contributed by atoms with E-state index in [-0.39, 0.29) is 10.7 Å². The molecule has 0 spiro atoms. The summed E-state index contributed by atoms with van der Waals surface area (Å²) in [6.07, 6.45) is 0. The molecule has 118 valence electrons. The van der Waals surface area contributed by atoms with E-state index in [1.807, 2.05) is 0 Å². The van der Waals surface area contributed by atoms with Crippen LogP contribution in [0.25, 0.3) is 11.0 Å². The quantitative estimate of drug-likeness (QED) is 0.491. The van der Waals surface area contributed by atoms with Crippen molar-refractivity contribution >= 4 is 45.4 Å². The van der Waals surface area contributed by atoms with Gasteiger partial charge in [0.1, 0.15) is 0 Å². The maximum atomic E-state index is 12.3. The minimum absolute atomic E-state index is 0.0215. The third-order valence-electron chi connectivity index (χ3n) is 3.16. The standard InChI is InChI=1S/C14H12N4O3S2/c15-9-5-7-10(8-6-9)23(20,21)17-13-14(19)18(22)12-4-2-1-3-11(12)16-13/h1-8,22H,15H2,(H,16,17). The van der Waals surface area contributed by atoms with Crippen LogP contribution in [-0.2, 0) is 10.0 Å². The van der Waals surface area contributed by atoms with Gasteiger partial charge in [0.2, 0.25) is 5.82 Å². The number of nitrogens with one attached hydrogen (secondary N) is 1. The van der Waals surface area contributed by atoms with Crippen LogP contribution >= 0.6 is 12.8 Å². The van der Waals surface area contributed by atoms with Crippen LogP contribution in [0.3, 0.4) is 0 Å². The molecule has 2 aromatic carbocycles. The van der Waals surface area contributed by atoms with Gasteiger partial charge in [-0.15, -0.1) is 0 Å². The van der Waals surface area contributed by atoms with E-state index < -0.39 is 15.6 Å². The first-order valence-electron chi connectivity index (χ1n) is 6.48. The number of anilines is 2. The number of aromatic nitrogens is 2. The second-order valence-electron chi connectivity index (χ2n) is 4.74. The zero-order chi connectivity index (χ0) is 16.6. The lowest BCUT2D eigenvalue weighted by Crippen LogP contribution is -2.24. The van der Waals surface area contributed by atoms with Crippen LogP contribution in [0.15, 0.2) is 58.2 Å². The molecular formula is C14H12N4O3S2. The van der Waals surface area contributed by atoms with Crippen LogP contribution in [0, 0.1) is 0 Å². The maximum absolute atomic E-state index is 12.3. The van der Waals surface area contributed by atoms with Gasteiger partial charge in [-0.3, -0.25) is 9.52 Å². The van der Waals surface area contributed by atoms with E-state index >= 15 is 0 Å². The first-order valence-corrected chi connectivity index (χ1v) is 8.36. The lowest BCUT2D eigenvalue weighted by atomic mass is 10.3. The number of hydrogen-bond donors (Lipinski definition) is 3. The zero-order valence-electron chi connectivity index (χ0n) is 11.7. The molecule has 0 saturated heterocycles. The summed E-state index contributed by atoms with van der Waals surface area (Å²) in [5.74, 6) is -0.324.